The van der Waals surface area contributed by atoms with Crippen LogP contribution < -0.4 is 0 Å². The van der Waals surface area contributed by atoms with E-state index in [1.165, 1.54) is 11.8 Å². The maximum Gasteiger partial charge on any atom is 0.336 e. The Balaban J connectivity index is 2.06. The molecule has 21 heavy (non-hydrogen) atoms. The molecular weight excluding hydrogens is 306 g/mol. The zero-order chi connectivity index (χ0) is 14.8. The van der Waals surface area contributed by atoms with E-state index in [4.69, 9.17) is 11.6 Å². The highest BCUT2D eigenvalue weighted by atomic mass is 35.5. The summed E-state index contributed by atoms with van der Waals surface area (Å²) in [5.74, 6) is -0.952. The first kappa shape index (κ1) is 13.9. The lowest BCUT2D eigenvalue weighted by molar-refractivity contribution is 0.0698. The fraction of sp³-hybridized carbons (Fsp3) is 0. The lowest BCUT2D eigenvalue weighted by Crippen LogP contribution is -1.99. The molecule has 104 valence electrons. The molecule has 5 heteroatoms. The Labute approximate surface area is 130 Å². The third-order valence-electron chi connectivity index (χ3n) is 2.96. The molecule has 1 heterocycles. The van der Waals surface area contributed by atoms with Gasteiger partial charge in [-0.05, 0) is 36.4 Å². The van der Waals surface area contributed by atoms with Crippen molar-refractivity contribution in [2.45, 2.75) is 9.92 Å². The molecule has 0 bridgehead atoms. The Kier molecular flexibility index (Phi) is 3.82. The van der Waals surface area contributed by atoms with Gasteiger partial charge in [-0.2, -0.15) is 0 Å². The fourth-order valence-corrected chi connectivity index (χ4v) is 2.96. The van der Waals surface area contributed by atoms with E-state index in [-0.39, 0.29) is 5.56 Å². The number of pyridine rings is 1. The molecule has 3 nitrogen and oxygen atoms in total. The van der Waals surface area contributed by atoms with Crippen LogP contribution in [0.1, 0.15) is 10.4 Å². The maximum absolute atomic E-state index is 11.4. The Bertz CT molecular complexity index is 818. The number of hydrogen-bond acceptors (Lipinski definition) is 3. The number of aromatic carboxylic acids is 1. The smallest absolute Gasteiger partial charge is 0.336 e. The van der Waals surface area contributed by atoms with Gasteiger partial charge in [0, 0.05) is 15.3 Å². The van der Waals surface area contributed by atoms with Crippen LogP contribution >= 0.6 is 23.4 Å². The molecule has 0 aliphatic heterocycles. The highest BCUT2D eigenvalue weighted by Gasteiger charge is 2.12. The van der Waals surface area contributed by atoms with E-state index in [2.05, 4.69) is 4.98 Å². The average molecular weight is 316 g/mol. The van der Waals surface area contributed by atoms with Gasteiger partial charge in [0.25, 0.3) is 0 Å². The quantitative estimate of drug-likeness (QED) is 0.758. The molecule has 0 fully saturated rings. The van der Waals surface area contributed by atoms with Crippen LogP contribution in [-0.4, -0.2) is 16.1 Å². The van der Waals surface area contributed by atoms with Crippen molar-refractivity contribution in [3.05, 3.63) is 65.2 Å². The van der Waals surface area contributed by atoms with Gasteiger partial charge < -0.3 is 5.11 Å². The van der Waals surface area contributed by atoms with Gasteiger partial charge in [-0.3, -0.25) is 0 Å². The Hall–Kier alpha value is -2.04. The van der Waals surface area contributed by atoms with Crippen LogP contribution in [0.25, 0.3) is 10.9 Å². The van der Waals surface area contributed by atoms with Crippen molar-refractivity contribution in [3.63, 3.8) is 0 Å². The number of halogens is 1. The van der Waals surface area contributed by atoms with Crippen molar-refractivity contribution in [3.8, 4) is 0 Å². The Morgan fingerprint density at radius 2 is 1.81 bits per heavy atom. The molecule has 0 saturated carbocycles. The number of benzene rings is 2. The van der Waals surface area contributed by atoms with Crippen LogP contribution in [0.15, 0.2) is 64.5 Å². The zero-order valence-electron chi connectivity index (χ0n) is 10.8. The molecule has 1 N–H and O–H groups in total. The van der Waals surface area contributed by atoms with Crippen molar-refractivity contribution in [1.82, 2.24) is 4.98 Å². The summed E-state index contributed by atoms with van der Waals surface area (Å²) in [5.41, 5.74) is 0.936. The second-order valence-corrected chi connectivity index (χ2v) is 5.92. The lowest BCUT2D eigenvalue weighted by atomic mass is 10.1. The van der Waals surface area contributed by atoms with Gasteiger partial charge in [-0.25, -0.2) is 9.78 Å². The number of nitrogens with zero attached hydrogens (tertiary/aromatic N) is 1. The third kappa shape index (κ3) is 3.01. The molecule has 0 aliphatic rings. The predicted molar refractivity (Wildman–Crippen MR) is 84.3 cm³/mol. The number of aromatic nitrogens is 1. The normalized spacial score (nSPS) is 10.7. The summed E-state index contributed by atoms with van der Waals surface area (Å²) in [6.45, 7) is 0. The minimum absolute atomic E-state index is 0.261. The van der Waals surface area contributed by atoms with E-state index in [9.17, 15) is 9.90 Å². The summed E-state index contributed by atoms with van der Waals surface area (Å²) >= 11 is 7.27. The molecule has 1 aromatic heterocycles. The van der Waals surface area contributed by atoms with Crippen LogP contribution in [-0.2, 0) is 0 Å². The van der Waals surface area contributed by atoms with Crippen molar-refractivity contribution < 1.29 is 9.90 Å². The number of carbonyl (C=O) groups is 1. The topological polar surface area (TPSA) is 50.2 Å². The van der Waals surface area contributed by atoms with Crippen molar-refractivity contribution >= 4 is 40.2 Å². The second kappa shape index (κ2) is 5.76. The second-order valence-electron chi connectivity index (χ2n) is 4.39. The molecule has 0 aliphatic carbocycles. The summed E-state index contributed by atoms with van der Waals surface area (Å²) in [5, 5.41) is 11.3. The van der Waals surface area contributed by atoms with Crippen molar-refractivity contribution in [1.29, 1.82) is 0 Å². The van der Waals surface area contributed by atoms with Gasteiger partial charge in [-0.15, -0.1) is 0 Å². The molecule has 0 saturated heterocycles. The van der Waals surface area contributed by atoms with Crippen LogP contribution in [0.4, 0.5) is 0 Å². The summed E-state index contributed by atoms with van der Waals surface area (Å²) < 4.78 is 0. The molecule has 0 unspecified atom stereocenters. The first-order chi connectivity index (χ1) is 10.1. The largest absolute Gasteiger partial charge is 0.478 e. The minimum atomic E-state index is -0.952. The van der Waals surface area contributed by atoms with Crippen LogP contribution in [0.5, 0.6) is 0 Å². The summed E-state index contributed by atoms with van der Waals surface area (Å²) in [6.07, 6.45) is 0. The van der Waals surface area contributed by atoms with Gasteiger partial charge in [0.15, 0.2) is 0 Å². The number of rotatable bonds is 3. The Morgan fingerprint density at radius 3 is 2.52 bits per heavy atom. The number of fused-ring (bicyclic) bond motifs is 1. The van der Waals surface area contributed by atoms with E-state index >= 15 is 0 Å². The Morgan fingerprint density at radius 1 is 1.10 bits per heavy atom. The lowest BCUT2D eigenvalue weighted by Gasteiger charge is -2.06. The maximum atomic E-state index is 11.4. The first-order valence-corrected chi connectivity index (χ1v) is 7.39. The van der Waals surface area contributed by atoms with Crippen LogP contribution in [0, 0.1) is 0 Å². The van der Waals surface area contributed by atoms with E-state index in [1.807, 2.05) is 30.3 Å². The summed E-state index contributed by atoms with van der Waals surface area (Å²) in [7, 11) is 0. The van der Waals surface area contributed by atoms with E-state index in [1.54, 1.807) is 24.3 Å². The molecule has 3 aromatic rings. The van der Waals surface area contributed by atoms with Crippen LogP contribution in [0.2, 0.25) is 5.02 Å². The van der Waals surface area contributed by atoms with Gasteiger partial charge in [-0.1, -0.05) is 41.6 Å². The number of carboxylic acids is 1. The molecule has 3 rings (SSSR count). The van der Waals surface area contributed by atoms with Gasteiger partial charge in [0.1, 0.15) is 5.03 Å². The van der Waals surface area contributed by atoms with Gasteiger partial charge in [0.2, 0.25) is 0 Å². The van der Waals surface area contributed by atoms with E-state index < -0.39 is 5.97 Å². The van der Waals surface area contributed by atoms with E-state index in [0.29, 0.717) is 21.0 Å². The zero-order valence-corrected chi connectivity index (χ0v) is 12.4. The molecule has 0 amide bonds. The van der Waals surface area contributed by atoms with Gasteiger partial charge in [0.05, 0.1) is 11.1 Å². The standard InChI is InChI=1S/C16H10ClNO2S/c17-10-5-7-11(8-6-10)21-15-9-13(16(19)20)12-3-1-2-4-14(12)18-15/h1-9H,(H,19,20). The van der Waals surface area contributed by atoms with Gasteiger partial charge >= 0.3 is 5.97 Å². The van der Waals surface area contributed by atoms with Crippen molar-refractivity contribution in [2.24, 2.45) is 0 Å². The molecule has 0 radical (unpaired) electrons. The highest BCUT2D eigenvalue weighted by Crippen LogP contribution is 2.30. The SMILES string of the molecule is O=C(O)c1cc(Sc2ccc(Cl)cc2)nc2ccccc12. The average Bonchev–Trinajstić information content (AvgIpc) is 2.48. The molecule has 2 aromatic carbocycles. The monoisotopic (exact) mass is 315 g/mol. The summed E-state index contributed by atoms with van der Waals surface area (Å²) in [4.78, 5) is 16.9. The number of hydrogen-bond donors (Lipinski definition) is 1. The molecule has 0 atom stereocenters. The first-order valence-electron chi connectivity index (χ1n) is 6.20. The predicted octanol–water partition coefficient (Wildman–Crippen LogP) is 4.74. The third-order valence-corrected chi connectivity index (χ3v) is 4.14. The summed E-state index contributed by atoms with van der Waals surface area (Å²) in [6, 6.07) is 16.2. The number of para-hydroxylation sites is 1. The van der Waals surface area contributed by atoms with E-state index in [0.717, 1.165) is 4.90 Å². The fourth-order valence-electron chi connectivity index (χ4n) is 2.00. The number of carboxylic acid groups (broad SMARTS) is 1. The van der Waals surface area contributed by atoms with Crippen LogP contribution in [0.3, 0.4) is 0 Å². The highest BCUT2D eigenvalue weighted by molar-refractivity contribution is 7.99. The van der Waals surface area contributed by atoms with Crippen molar-refractivity contribution in [2.75, 3.05) is 0 Å². The minimum Gasteiger partial charge on any atom is -0.478 e. The molecule has 0 spiro atoms. The molecular formula is C16H10ClNO2S.